The summed E-state index contributed by atoms with van der Waals surface area (Å²) in [4.78, 5) is 14.5. The zero-order chi connectivity index (χ0) is 18.2. The van der Waals surface area contributed by atoms with Crippen LogP contribution in [-0.2, 0) is 6.42 Å². The average Bonchev–Trinajstić information content (AvgIpc) is 2.60. The molecule has 1 N–H and O–H groups in total. The van der Waals surface area contributed by atoms with Crippen LogP contribution in [-0.4, -0.2) is 36.5 Å². The Hall–Kier alpha value is -2.27. The first-order valence-electron chi connectivity index (χ1n) is 8.55. The lowest BCUT2D eigenvalue weighted by atomic mass is 10.0. The van der Waals surface area contributed by atoms with Crippen LogP contribution in [0, 0.1) is 11.6 Å². The highest BCUT2D eigenvalue weighted by atomic mass is 19.1. The molecular weight excluding hydrogens is 322 g/mol. The minimum absolute atomic E-state index is 0.00416. The highest BCUT2D eigenvalue weighted by Crippen LogP contribution is 2.11. The molecule has 1 atom stereocenters. The van der Waals surface area contributed by atoms with Crippen LogP contribution in [0.25, 0.3) is 0 Å². The van der Waals surface area contributed by atoms with E-state index in [1.807, 2.05) is 18.2 Å². The first-order chi connectivity index (χ1) is 12.0. The number of nitrogens with zero attached hydrogens (tertiary/aromatic N) is 1. The lowest BCUT2D eigenvalue weighted by molar-refractivity contribution is 0.0933. The fraction of sp³-hybridized carbons (Fsp3) is 0.350. The Balaban J connectivity index is 2.06. The minimum Gasteiger partial charge on any atom is -0.350 e. The molecule has 0 saturated heterocycles. The van der Waals surface area contributed by atoms with E-state index >= 15 is 0 Å². The van der Waals surface area contributed by atoms with Crippen LogP contribution in [0.5, 0.6) is 0 Å². The smallest absolute Gasteiger partial charge is 0.251 e. The van der Waals surface area contributed by atoms with Crippen molar-refractivity contribution < 1.29 is 13.6 Å². The van der Waals surface area contributed by atoms with E-state index in [2.05, 4.69) is 36.2 Å². The van der Waals surface area contributed by atoms with Crippen molar-refractivity contribution >= 4 is 5.91 Å². The molecule has 0 aromatic heterocycles. The number of rotatable bonds is 8. The molecule has 5 heteroatoms. The van der Waals surface area contributed by atoms with E-state index in [1.165, 1.54) is 5.56 Å². The highest BCUT2D eigenvalue weighted by Gasteiger charge is 2.18. The second-order valence-corrected chi connectivity index (χ2v) is 5.93. The van der Waals surface area contributed by atoms with Crippen molar-refractivity contribution in [1.29, 1.82) is 0 Å². The minimum atomic E-state index is -0.755. The van der Waals surface area contributed by atoms with Crippen molar-refractivity contribution in [2.75, 3.05) is 19.6 Å². The molecule has 2 aromatic carbocycles. The molecule has 1 amide bonds. The predicted octanol–water partition coefficient (Wildman–Crippen LogP) is 3.65. The molecule has 2 aromatic rings. The average molecular weight is 346 g/mol. The fourth-order valence-electron chi connectivity index (χ4n) is 2.95. The van der Waals surface area contributed by atoms with Gasteiger partial charge >= 0.3 is 0 Å². The van der Waals surface area contributed by atoms with Crippen LogP contribution in [0.4, 0.5) is 8.78 Å². The van der Waals surface area contributed by atoms with Crippen LogP contribution in [0.1, 0.15) is 29.8 Å². The molecule has 3 nitrogen and oxygen atoms in total. The molecule has 2 rings (SSSR count). The summed E-state index contributed by atoms with van der Waals surface area (Å²) in [5.74, 6) is -1.98. The van der Waals surface area contributed by atoms with E-state index in [0.29, 0.717) is 6.54 Å². The van der Waals surface area contributed by atoms with E-state index < -0.39 is 17.5 Å². The van der Waals surface area contributed by atoms with Gasteiger partial charge in [-0.25, -0.2) is 8.78 Å². The number of carbonyl (C=O) groups excluding carboxylic acids is 1. The molecule has 134 valence electrons. The Morgan fingerprint density at radius 1 is 1.04 bits per heavy atom. The Bertz CT molecular complexity index is 667. The largest absolute Gasteiger partial charge is 0.350 e. The van der Waals surface area contributed by atoms with Gasteiger partial charge < -0.3 is 5.32 Å². The summed E-state index contributed by atoms with van der Waals surface area (Å²) in [5, 5.41) is 2.81. The molecule has 0 spiro atoms. The number of amides is 1. The van der Waals surface area contributed by atoms with Crippen LogP contribution < -0.4 is 5.32 Å². The standard InChI is InChI=1S/C20H24F2N2O/c1-3-24(4-2)19(10-15-8-6-5-7-9-15)14-23-20(25)16-11-17(21)13-18(22)12-16/h5-9,11-13,19H,3-4,10,14H2,1-2H3,(H,23,25). The lowest BCUT2D eigenvalue weighted by Crippen LogP contribution is -2.45. The van der Waals surface area contributed by atoms with Gasteiger partial charge in [-0.05, 0) is 37.2 Å². The second kappa shape index (κ2) is 9.28. The summed E-state index contributed by atoms with van der Waals surface area (Å²) in [6.45, 7) is 6.28. The Labute approximate surface area is 147 Å². The molecule has 0 heterocycles. The van der Waals surface area contributed by atoms with E-state index in [0.717, 1.165) is 37.7 Å². The predicted molar refractivity (Wildman–Crippen MR) is 95.5 cm³/mol. The van der Waals surface area contributed by atoms with Crippen molar-refractivity contribution in [2.24, 2.45) is 0 Å². The quantitative estimate of drug-likeness (QED) is 0.791. The van der Waals surface area contributed by atoms with Gasteiger partial charge in [-0.3, -0.25) is 9.69 Å². The maximum Gasteiger partial charge on any atom is 0.251 e. The van der Waals surface area contributed by atoms with Crippen LogP contribution in [0.15, 0.2) is 48.5 Å². The van der Waals surface area contributed by atoms with Crippen molar-refractivity contribution in [1.82, 2.24) is 10.2 Å². The fourth-order valence-corrected chi connectivity index (χ4v) is 2.95. The summed E-state index contributed by atoms with van der Waals surface area (Å²) in [7, 11) is 0. The van der Waals surface area contributed by atoms with Gasteiger partial charge in [-0.2, -0.15) is 0 Å². The Morgan fingerprint density at radius 2 is 1.64 bits per heavy atom. The molecule has 0 aliphatic heterocycles. The van der Waals surface area contributed by atoms with Gasteiger partial charge in [0.15, 0.2) is 0 Å². The maximum atomic E-state index is 13.3. The second-order valence-electron chi connectivity index (χ2n) is 5.93. The van der Waals surface area contributed by atoms with Gasteiger partial charge in [0.25, 0.3) is 5.91 Å². The van der Waals surface area contributed by atoms with Gasteiger partial charge in [0.05, 0.1) is 0 Å². The summed E-state index contributed by atoms with van der Waals surface area (Å²) in [5.41, 5.74) is 1.18. The molecule has 0 radical (unpaired) electrons. The SMILES string of the molecule is CCN(CC)C(CNC(=O)c1cc(F)cc(F)c1)Cc1ccccc1. The molecule has 1 unspecified atom stereocenters. The van der Waals surface area contributed by atoms with E-state index in [4.69, 9.17) is 0 Å². The van der Waals surface area contributed by atoms with Gasteiger partial charge in [0.2, 0.25) is 0 Å². The molecule has 0 aliphatic carbocycles. The Morgan fingerprint density at radius 3 is 2.20 bits per heavy atom. The summed E-state index contributed by atoms with van der Waals surface area (Å²) in [6.07, 6.45) is 0.792. The van der Waals surface area contributed by atoms with Gasteiger partial charge in [0.1, 0.15) is 11.6 Å². The van der Waals surface area contributed by atoms with Crippen molar-refractivity contribution in [3.63, 3.8) is 0 Å². The number of nitrogens with one attached hydrogen (secondary N) is 1. The number of benzene rings is 2. The van der Waals surface area contributed by atoms with Crippen molar-refractivity contribution in [2.45, 2.75) is 26.3 Å². The topological polar surface area (TPSA) is 32.3 Å². The summed E-state index contributed by atoms with van der Waals surface area (Å²) >= 11 is 0. The van der Waals surface area contributed by atoms with Gasteiger partial charge in [-0.15, -0.1) is 0 Å². The molecule has 25 heavy (non-hydrogen) atoms. The molecular formula is C20H24F2N2O. The zero-order valence-electron chi connectivity index (χ0n) is 14.6. The van der Waals surface area contributed by atoms with Gasteiger partial charge in [0, 0.05) is 24.2 Å². The molecule has 0 bridgehead atoms. The van der Waals surface area contributed by atoms with Crippen molar-refractivity contribution in [3.05, 3.63) is 71.3 Å². The Kier molecular flexibility index (Phi) is 7.07. The monoisotopic (exact) mass is 346 g/mol. The van der Waals surface area contributed by atoms with Crippen LogP contribution >= 0.6 is 0 Å². The van der Waals surface area contributed by atoms with E-state index in [-0.39, 0.29) is 11.6 Å². The van der Waals surface area contributed by atoms with E-state index in [9.17, 15) is 13.6 Å². The normalized spacial score (nSPS) is 12.2. The van der Waals surface area contributed by atoms with Gasteiger partial charge in [-0.1, -0.05) is 44.2 Å². The third kappa shape index (κ3) is 5.64. The summed E-state index contributed by atoms with van der Waals surface area (Å²) < 4.78 is 26.6. The third-order valence-corrected chi connectivity index (χ3v) is 4.27. The van der Waals surface area contributed by atoms with Crippen LogP contribution in [0.3, 0.4) is 0 Å². The number of hydrogen-bond donors (Lipinski definition) is 1. The zero-order valence-corrected chi connectivity index (χ0v) is 14.6. The molecule has 0 saturated carbocycles. The summed E-state index contributed by atoms with van der Waals surface area (Å²) in [6, 6.07) is 13.0. The van der Waals surface area contributed by atoms with E-state index in [1.54, 1.807) is 0 Å². The lowest BCUT2D eigenvalue weighted by Gasteiger charge is -2.30. The molecule has 0 fully saturated rings. The maximum absolute atomic E-state index is 13.3. The first kappa shape index (κ1) is 19.1. The third-order valence-electron chi connectivity index (χ3n) is 4.27. The number of halogens is 2. The highest BCUT2D eigenvalue weighted by molar-refractivity contribution is 5.94. The van der Waals surface area contributed by atoms with Crippen LogP contribution in [0.2, 0.25) is 0 Å². The number of likely N-dealkylation sites (N-methyl/N-ethyl adjacent to an activating group) is 1. The number of carbonyl (C=O) groups is 1. The number of hydrogen-bond acceptors (Lipinski definition) is 2. The first-order valence-corrected chi connectivity index (χ1v) is 8.55. The van der Waals surface area contributed by atoms with Crippen molar-refractivity contribution in [3.8, 4) is 0 Å². The molecule has 0 aliphatic rings.